The number of anilines is 1. The van der Waals surface area contributed by atoms with Crippen LogP contribution in [0.3, 0.4) is 0 Å². The molecule has 0 unspecified atom stereocenters. The molecule has 148 valence electrons. The van der Waals surface area contributed by atoms with Crippen LogP contribution in [0.5, 0.6) is 0 Å². The summed E-state index contributed by atoms with van der Waals surface area (Å²) in [5, 5.41) is 3.76. The van der Waals surface area contributed by atoms with Crippen LogP contribution >= 0.6 is 0 Å². The van der Waals surface area contributed by atoms with E-state index >= 15 is 0 Å². The standard InChI is InChI=1S/C24H30N2O2/c1-24(16-19-7-4-3-5-8-19)17-21-22(9-6-14-25-21)26(24)20-12-10-18(11-13-20)15-23(27)28-2/h3-5,7-8,10-13,21-22,25H,6,9,14-17H2,1-2H3/t21-,22-,24+/m0/s1. The summed E-state index contributed by atoms with van der Waals surface area (Å²) < 4.78 is 4.80. The van der Waals surface area contributed by atoms with Crippen LogP contribution in [0.1, 0.15) is 37.3 Å². The molecule has 2 fully saturated rings. The third-order valence-corrected chi connectivity index (χ3v) is 6.34. The molecular weight excluding hydrogens is 348 g/mol. The van der Waals surface area contributed by atoms with E-state index in [2.05, 4.69) is 71.7 Å². The second kappa shape index (κ2) is 7.96. The molecule has 4 heteroatoms. The van der Waals surface area contributed by atoms with E-state index in [0.717, 1.165) is 24.9 Å². The molecule has 0 radical (unpaired) electrons. The number of nitrogens with one attached hydrogen (secondary N) is 1. The zero-order valence-corrected chi connectivity index (χ0v) is 16.9. The number of nitrogens with zero attached hydrogens (tertiary/aromatic N) is 1. The zero-order valence-electron chi connectivity index (χ0n) is 16.9. The zero-order chi connectivity index (χ0) is 19.6. The van der Waals surface area contributed by atoms with Crippen molar-refractivity contribution in [2.45, 2.75) is 56.7 Å². The van der Waals surface area contributed by atoms with Crippen LogP contribution in [0.4, 0.5) is 5.69 Å². The van der Waals surface area contributed by atoms with Crippen LogP contribution < -0.4 is 10.2 Å². The largest absolute Gasteiger partial charge is 0.469 e. The molecule has 2 aromatic carbocycles. The van der Waals surface area contributed by atoms with Crippen LogP contribution in [-0.2, 0) is 22.4 Å². The maximum absolute atomic E-state index is 11.6. The van der Waals surface area contributed by atoms with Gasteiger partial charge in [-0.05, 0) is 62.4 Å². The highest BCUT2D eigenvalue weighted by atomic mass is 16.5. The molecule has 1 N–H and O–H groups in total. The van der Waals surface area contributed by atoms with E-state index in [4.69, 9.17) is 4.74 Å². The highest BCUT2D eigenvalue weighted by Gasteiger charge is 2.49. The van der Waals surface area contributed by atoms with Gasteiger partial charge in [-0.15, -0.1) is 0 Å². The molecule has 3 atom stereocenters. The van der Waals surface area contributed by atoms with Crippen molar-refractivity contribution < 1.29 is 9.53 Å². The minimum atomic E-state index is -0.195. The molecular formula is C24H30N2O2. The monoisotopic (exact) mass is 378 g/mol. The summed E-state index contributed by atoms with van der Waals surface area (Å²) >= 11 is 0. The summed E-state index contributed by atoms with van der Waals surface area (Å²) in [7, 11) is 1.44. The van der Waals surface area contributed by atoms with E-state index in [-0.39, 0.29) is 11.5 Å². The maximum atomic E-state index is 11.6. The van der Waals surface area contributed by atoms with Gasteiger partial charge in [-0.3, -0.25) is 4.79 Å². The number of methoxy groups -OCH3 is 1. The Morgan fingerprint density at radius 3 is 2.61 bits per heavy atom. The molecule has 0 aliphatic carbocycles. The lowest BCUT2D eigenvalue weighted by Gasteiger charge is -2.42. The van der Waals surface area contributed by atoms with E-state index in [0.29, 0.717) is 18.5 Å². The van der Waals surface area contributed by atoms with Crippen molar-refractivity contribution >= 4 is 11.7 Å². The van der Waals surface area contributed by atoms with Gasteiger partial charge < -0.3 is 15.0 Å². The van der Waals surface area contributed by atoms with Crippen LogP contribution in [0.25, 0.3) is 0 Å². The molecule has 4 rings (SSSR count). The molecule has 2 aliphatic rings. The van der Waals surface area contributed by atoms with Gasteiger partial charge in [0.2, 0.25) is 0 Å². The van der Waals surface area contributed by atoms with Crippen molar-refractivity contribution in [2.75, 3.05) is 18.6 Å². The Labute approximate surface area is 167 Å². The van der Waals surface area contributed by atoms with E-state index < -0.39 is 0 Å². The number of esters is 1. The molecule has 0 saturated carbocycles. The molecule has 4 nitrogen and oxygen atoms in total. The lowest BCUT2D eigenvalue weighted by Crippen LogP contribution is -2.50. The van der Waals surface area contributed by atoms with Crippen LogP contribution in [0, 0.1) is 0 Å². The average Bonchev–Trinajstić information content (AvgIpc) is 3.00. The second-order valence-corrected chi connectivity index (χ2v) is 8.42. The number of fused-ring (bicyclic) bond motifs is 1. The third kappa shape index (κ3) is 3.79. The summed E-state index contributed by atoms with van der Waals surface area (Å²) in [5.74, 6) is -0.195. The number of hydrogen-bond acceptors (Lipinski definition) is 4. The van der Waals surface area contributed by atoms with Gasteiger partial charge in [0.25, 0.3) is 0 Å². The first-order valence-electron chi connectivity index (χ1n) is 10.3. The Morgan fingerprint density at radius 1 is 1.14 bits per heavy atom. The molecule has 2 aromatic rings. The van der Waals surface area contributed by atoms with Crippen LogP contribution in [0.2, 0.25) is 0 Å². The Balaban J connectivity index is 1.63. The minimum absolute atomic E-state index is 0.0674. The number of piperidine rings is 1. The average molecular weight is 379 g/mol. The van der Waals surface area contributed by atoms with Crippen LogP contribution in [0.15, 0.2) is 54.6 Å². The predicted molar refractivity (Wildman–Crippen MR) is 113 cm³/mol. The number of benzene rings is 2. The number of ether oxygens (including phenoxy) is 1. The topological polar surface area (TPSA) is 41.6 Å². The number of carbonyl (C=O) groups is 1. The van der Waals surface area contributed by atoms with Gasteiger partial charge in [-0.25, -0.2) is 0 Å². The van der Waals surface area contributed by atoms with Gasteiger partial charge in [-0.2, -0.15) is 0 Å². The lowest BCUT2D eigenvalue weighted by atomic mass is 9.88. The number of rotatable bonds is 5. The van der Waals surface area contributed by atoms with Crippen molar-refractivity contribution in [1.29, 1.82) is 0 Å². The SMILES string of the molecule is COC(=O)Cc1ccc(N2[C@H]3CCCN[C@H]3C[C@@]2(C)Cc2ccccc2)cc1. The fourth-order valence-electron chi connectivity index (χ4n) is 5.13. The quantitative estimate of drug-likeness (QED) is 0.805. The maximum Gasteiger partial charge on any atom is 0.309 e. The van der Waals surface area contributed by atoms with Gasteiger partial charge in [0.1, 0.15) is 0 Å². The molecule has 0 amide bonds. The summed E-state index contributed by atoms with van der Waals surface area (Å²) in [6, 6.07) is 20.4. The highest BCUT2D eigenvalue weighted by molar-refractivity contribution is 5.72. The molecule has 0 spiro atoms. The summed E-state index contributed by atoms with van der Waals surface area (Å²) in [6.45, 7) is 3.52. The molecule has 2 aliphatic heterocycles. The number of hydrogen-bond donors (Lipinski definition) is 1. The van der Waals surface area contributed by atoms with Crippen molar-refractivity contribution in [2.24, 2.45) is 0 Å². The predicted octanol–water partition coefficient (Wildman–Crippen LogP) is 3.73. The van der Waals surface area contributed by atoms with Crippen molar-refractivity contribution in [3.8, 4) is 0 Å². The molecule has 28 heavy (non-hydrogen) atoms. The summed E-state index contributed by atoms with van der Waals surface area (Å²) in [5.41, 5.74) is 3.70. The fraction of sp³-hybridized carbons (Fsp3) is 0.458. The highest BCUT2D eigenvalue weighted by Crippen LogP contribution is 2.43. The van der Waals surface area contributed by atoms with Gasteiger partial charge in [0, 0.05) is 23.3 Å². The van der Waals surface area contributed by atoms with Gasteiger partial charge in [-0.1, -0.05) is 42.5 Å². The second-order valence-electron chi connectivity index (χ2n) is 8.42. The Morgan fingerprint density at radius 2 is 1.89 bits per heavy atom. The molecule has 2 saturated heterocycles. The van der Waals surface area contributed by atoms with Gasteiger partial charge >= 0.3 is 5.97 Å². The normalized spacial score (nSPS) is 26.7. The van der Waals surface area contributed by atoms with Crippen molar-refractivity contribution in [3.63, 3.8) is 0 Å². The lowest BCUT2D eigenvalue weighted by molar-refractivity contribution is -0.139. The van der Waals surface area contributed by atoms with E-state index in [1.807, 2.05) is 0 Å². The minimum Gasteiger partial charge on any atom is -0.469 e. The first kappa shape index (κ1) is 19.0. The first-order chi connectivity index (χ1) is 13.6. The smallest absolute Gasteiger partial charge is 0.309 e. The summed E-state index contributed by atoms with van der Waals surface area (Å²) in [4.78, 5) is 14.2. The third-order valence-electron chi connectivity index (χ3n) is 6.34. The molecule has 0 aromatic heterocycles. The van der Waals surface area contributed by atoms with Crippen molar-refractivity contribution in [3.05, 3.63) is 65.7 Å². The Kier molecular flexibility index (Phi) is 5.40. The number of carbonyl (C=O) groups excluding carboxylic acids is 1. The molecule has 2 heterocycles. The van der Waals surface area contributed by atoms with Gasteiger partial charge in [0.05, 0.1) is 13.5 Å². The van der Waals surface area contributed by atoms with Crippen molar-refractivity contribution in [1.82, 2.24) is 5.32 Å². The fourth-order valence-corrected chi connectivity index (χ4v) is 5.13. The Bertz CT molecular complexity index is 805. The van der Waals surface area contributed by atoms with Gasteiger partial charge in [0.15, 0.2) is 0 Å². The summed E-state index contributed by atoms with van der Waals surface area (Å²) in [6.07, 6.45) is 4.96. The Hall–Kier alpha value is -2.33. The van der Waals surface area contributed by atoms with Crippen LogP contribution in [-0.4, -0.2) is 37.2 Å². The van der Waals surface area contributed by atoms with E-state index in [9.17, 15) is 4.79 Å². The molecule has 0 bridgehead atoms. The van der Waals surface area contributed by atoms with E-state index in [1.165, 1.54) is 31.2 Å². The van der Waals surface area contributed by atoms with E-state index in [1.54, 1.807) is 0 Å². The first-order valence-corrected chi connectivity index (χ1v) is 10.3.